The van der Waals surface area contributed by atoms with Gasteiger partial charge in [-0.2, -0.15) is 0 Å². The first-order valence-corrected chi connectivity index (χ1v) is 10.5. The van der Waals surface area contributed by atoms with Crippen LogP contribution < -0.4 is 5.32 Å². The van der Waals surface area contributed by atoms with E-state index >= 15 is 0 Å². The fraction of sp³-hybridized carbons (Fsp3) is 0.435. The SMILES string of the molecule is O=C(NC[C@H]1[C@H]2CN(Cc3ccccc3F)C[C@]23CC[C@H]1O3)c1ccccn1.O=CO. The number of hydrogen-bond donors (Lipinski definition) is 2. The van der Waals surface area contributed by atoms with Gasteiger partial charge in [0.2, 0.25) is 0 Å². The Morgan fingerprint density at radius 2 is 2.10 bits per heavy atom. The number of fused-ring (bicyclic) bond motifs is 1. The van der Waals surface area contributed by atoms with Gasteiger partial charge in [0.05, 0.1) is 11.7 Å². The molecule has 1 aromatic carbocycles. The van der Waals surface area contributed by atoms with Gasteiger partial charge in [0.1, 0.15) is 11.5 Å². The summed E-state index contributed by atoms with van der Waals surface area (Å²) in [6, 6.07) is 12.3. The van der Waals surface area contributed by atoms with E-state index in [0.29, 0.717) is 30.6 Å². The molecule has 1 amide bonds. The van der Waals surface area contributed by atoms with Crippen LogP contribution in [0.1, 0.15) is 28.9 Å². The van der Waals surface area contributed by atoms with Crippen molar-refractivity contribution in [3.8, 4) is 0 Å². The fourth-order valence-corrected chi connectivity index (χ4v) is 5.35. The molecule has 1 spiro atoms. The normalized spacial score (nSPS) is 28.5. The zero-order chi connectivity index (χ0) is 21.8. The maximum Gasteiger partial charge on any atom is 0.290 e. The Morgan fingerprint density at radius 3 is 2.84 bits per heavy atom. The smallest absolute Gasteiger partial charge is 0.290 e. The summed E-state index contributed by atoms with van der Waals surface area (Å²) in [5.41, 5.74) is 1.04. The Kier molecular flexibility index (Phi) is 6.29. The quantitative estimate of drug-likeness (QED) is 0.712. The van der Waals surface area contributed by atoms with Crippen molar-refractivity contribution in [2.24, 2.45) is 11.8 Å². The number of aromatic nitrogens is 1. The lowest BCUT2D eigenvalue weighted by Crippen LogP contribution is -2.42. The van der Waals surface area contributed by atoms with Gasteiger partial charge in [-0.3, -0.25) is 19.5 Å². The molecule has 164 valence electrons. The first kappa shape index (κ1) is 21.4. The van der Waals surface area contributed by atoms with E-state index in [1.165, 1.54) is 6.07 Å². The van der Waals surface area contributed by atoms with Crippen molar-refractivity contribution in [2.45, 2.75) is 31.1 Å². The van der Waals surface area contributed by atoms with E-state index in [2.05, 4.69) is 15.2 Å². The van der Waals surface area contributed by atoms with Gasteiger partial charge in [-0.15, -0.1) is 0 Å². The summed E-state index contributed by atoms with van der Waals surface area (Å²) in [4.78, 5) is 27.2. The van der Waals surface area contributed by atoms with Crippen molar-refractivity contribution in [3.05, 3.63) is 65.7 Å². The van der Waals surface area contributed by atoms with Crippen LogP contribution in [0.5, 0.6) is 0 Å². The number of hydrogen-bond acceptors (Lipinski definition) is 5. The maximum atomic E-state index is 14.1. The molecule has 2 aromatic rings. The predicted octanol–water partition coefficient (Wildman–Crippen LogP) is 2.33. The summed E-state index contributed by atoms with van der Waals surface area (Å²) in [5, 5.41) is 9.94. The highest BCUT2D eigenvalue weighted by Crippen LogP contribution is 2.54. The van der Waals surface area contributed by atoms with Crippen LogP contribution in [0.3, 0.4) is 0 Å². The van der Waals surface area contributed by atoms with E-state index < -0.39 is 0 Å². The molecule has 4 atom stereocenters. The molecule has 3 fully saturated rings. The molecule has 1 aromatic heterocycles. The van der Waals surface area contributed by atoms with Crippen molar-refractivity contribution in [1.29, 1.82) is 0 Å². The number of ether oxygens (including phenoxy) is 1. The first-order valence-electron chi connectivity index (χ1n) is 10.5. The topological polar surface area (TPSA) is 91.8 Å². The van der Waals surface area contributed by atoms with E-state index in [1.54, 1.807) is 24.4 Å². The number of rotatable bonds is 5. The van der Waals surface area contributed by atoms with Gasteiger partial charge in [-0.25, -0.2) is 4.39 Å². The molecule has 3 saturated heterocycles. The Hall–Kier alpha value is -2.84. The first-order chi connectivity index (χ1) is 15.1. The van der Waals surface area contributed by atoms with E-state index in [0.717, 1.165) is 31.5 Å². The van der Waals surface area contributed by atoms with E-state index in [4.69, 9.17) is 14.6 Å². The van der Waals surface area contributed by atoms with E-state index in [9.17, 15) is 9.18 Å². The van der Waals surface area contributed by atoms with Crippen LogP contribution in [0.15, 0.2) is 48.7 Å². The van der Waals surface area contributed by atoms with E-state index in [1.807, 2.05) is 18.2 Å². The molecule has 3 aliphatic rings. The van der Waals surface area contributed by atoms with Crippen LogP contribution in [0.4, 0.5) is 4.39 Å². The number of pyridine rings is 1. The highest BCUT2D eigenvalue weighted by atomic mass is 19.1. The number of nitrogens with zero attached hydrogens (tertiary/aromatic N) is 2. The predicted molar refractivity (Wildman–Crippen MR) is 111 cm³/mol. The number of nitrogens with one attached hydrogen (secondary N) is 1. The average Bonchev–Trinajstić information content (AvgIpc) is 3.43. The average molecular weight is 427 g/mol. The Morgan fingerprint density at radius 1 is 1.32 bits per heavy atom. The zero-order valence-corrected chi connectivity index (χ0v) is 17.1. The number of benzene rings is 1. The molecule has 31 heavy (non-hydrogen) atoms. The van der Waals surface area contributed by atoms with Gasteiger partial charge < -0.3 is 15.2 Å². The van der Waals surface area contributed by atoms with Crippen LogP contribution in [-0.4, -0.2) is 58.7 Å². The van der Waals surface area contributed by atoms with Gasteiger partial charge in [0, 0.05) is 49.8 Å². The van der Waals surface area contributed by atoms with Crippen molar-refractivity contribution in [3.63, 3.8) is 0 Å². The Balaban J connectivity index is 0.000000730. The Labute approximate surface area is 180 Å². The summed E-state index contributed by atoms with van der Waals surface area (Å²) < 4.78 is 20.5. The number of halogens is 1. The van der Waals surface area contributed by atoms with Gasteiger partial charge in [0.25, 0.3) is 12.4 Å². The molecule has 0 aliphatic carbocycles. The molecule has 4 heterocycles. The summed E-state index contributed by atoms with van der Waals surface area (Å²) in [6.07, 6.45) is 3.93. The molecule has 3 aliphatic heterocycles. The molecular formula is C23H26FN3O4. The molecule has 0 saturated carbocycles. The Bertz CT molecular complexity index is 928. The van der Waals surface area contributed by atoms with Crippen LogP contribution in [0.25, 0.3) is 0 Å². The summed E-state index contributed by atoms with van der Waals surface area (Å²) in [5.74, 6) is 0.383. The minimum absolute atomic E-state index is 0.129. The zero-order valence-electron chi connectivity index (χ0n) is 17.1. The molecule has 7 nitrogen and oxygen atoms in total. The van der Waals surface area contributed by atoms with Crippen molar-refractivity contribution < 1.29 is 23.8 Å². The molecule has 0 unspecified atom stereocenters. The van der Waals surface area contributed by atoms with Crippen molar-refractivity contribution in [1.82, 2.24) is 15.2 Å². The number of carbonyl (C=O) groups excluding carboxylic acids is 1. The molecule has 0 radical (unpaired) electrons. The third-order valence-corrected chi connectivity index (χ3v) is 6.60. The number of amides is 1. The third kappa shape index (κ3) is 4.31. The van der Waals surface area contributed by atoms with Crippen molar-refractivity contribution >= 4 is 12.4 Å². The highest BCUT2D eigenvalue weighted by Gasteiger charge is 2.62. The van der Waals surface area contributed by atoms with E-state index in [-0.39, 0.29) is 29.9 Å². The summed E-state index contributed by atoms with van der Waals surface area (Å²) in [6.45, 7) is 2.67. The number of carbonyl (C=O) groups is 2. The second-order valence-electron chi connectivity index (χ2n) is 8.32. The molecular weight excluding hydrogens is 401 g/mol. The summed E-state index contributed by atoms with van der Waals surface area (Å²) in [7, 11) is 0. The summed E-state index contributed by atoms with van der Waals surface area (Å²) >= 11 is 0. The maximum absolute atomic E-state index is 14.1. The van der Waals surface area contributed by atoms with Gasteiger partial charge >= 0.3 is 0 Å². The van der Waals surface area contributed by atoms with Gasteiger partial charge in [-0.1, -0.05) is 24.3 Å². The van der Waals surface area contributed by atoms with Gasteiger partial charge in [0.15, 0.2) is 0 Å². The molecule has 5 rings (SSSR count). The van der Waals surface area contributed by atoms with Gasteiger partial charge in [-0.05, 0) is 31.0 Å². The number of likely N-dealkylation sites (tertiary alicyclic amines) is 1. The van der Waals surface area contributed by atoms with Crippen LogP contribution in [0.2, 0.25) is 0 Å². The molecule has 2 N–H and O–H groups in total. The van der Waals surface area contributed by atoms with Crippen molar-refractivity contribution in [2.75, 3.05) is 19.6 Å². The molecule has 8 heteroatoms. The molecule has 2 bridgehead atoms. The minimum atomic E-state index is -0.250. The lowest BCUT2D eigenvalue weighted by atomic mass is 9.73. The largest absolute Gasteiger partial charge is 0.483 e. The fourth-order valence-electron chi connectivity index (χ4n) is 5.35. The lowest BCUT2D eigenvalue weighted by Gasteiger charge is -2.29. The number of carboxylic acid groups (broad SMARTS) is 1. The monoisotopic (exact) mass is 427 g/mol. The standard InChI is InChI=1S/C22H24FN3O2.CH2O2/c23-18-6-2-1-5-15(18)12-26-13-17-16(20-8-9-22(17,14-26)28-20)11-25-21(27)19-7-3-4-10-24-19;2-1-3/h1-7,10,16-17,20H,8-9,11-14H2,(H,25,27);1H,(H,2,3)/t16-,17+,20+,22+;/m0./s1. The lowest BCUT2D eigenvalue weighted by molar-refractivity contribution is -0.122. The van der Waals surface area contributed by atoms with Crippen LogP contribution in [-0.2, 0) is 16.1 Å². The second kappa shape index (κ2) is 9.11. The third-order valence-electron chi connectivity index (χ3n) is 6.60. The second-order valence-corrected chi connectivity index (χ2v) is 8.32. The highest BCUT2D eigenvalue weighted by molar-refractivity contribution is 5.92. The minimum Gasteiger partial charge on any atom is -0.483 e. The van der Waals surface area contributed by atoms with Crippen LogP contribution in [0, 0.1) is 17.7 Å². The van der Waals surface area contributed by atoms with Crippen LogP contribution >= 0.6 is 0 Å².